The Morgan fingerprint density at radius 2 is 1.92 bits per heavy atom. The van der Waals surface area contributed by atoms with Gasteiger partial charge in [-0.25, -0.2) is 0 Å². The van der Waals surface area contributed by atoms with Crippen LogP contribution in [0.15, 0.2) is 18.2 Å². The van der Waals surface area contributed by atoms with Gasteiger partial charge in [0.05, 0.1) is 19.6 Å². The number of aliphatic carboxylic acids is 1. The summed E-state index contributed by atoms with van der Waals surface area (Å²) in [6.45, 7) is 4.71. The molecule has 1 N–H and O–H groups in total. The Kier molecular flexibility index (Phi) is 7.30. The van der Waals surface area contributed by atoms with Crippen LogP contribution in [-0.2, 0) is 4.79 Å². The minimum atomic E-state index is -0.911. The SMILES string of the molecule is COc1ccc(C(=O)N(CCC(=O)O)CC(C)C)cc1OC1CCCC1. The molecule has 0 radical (unpaired) electrons. The van der Waals surface area contributed by atoms with Crippen LogP contribution in [0.2, 0.25) is 0 Å². The number of carboxylic acids is 1. The lowest BCUT2D eigenvalue weighted by Crippen LogP contribution is -2.36. The van der Waals surface area contributed by atoms with Gasteiger partial charge in [-0.05, 0) is 49.8 Å². The number of ether oxygens (including phenoxy) is 2. The highest BCUT2D eigenvalue weighted by Crippen LogP contribution is 2.32. The smallest absolute Gasteiger partial charge is 0.305 e. The normalized spacial score (nSPS) is 14.5. The molecule has 0 aromatic heterocycles. The summed E-state index contributed by atoms with van der Waals surface area (Å²) in [5, 5.41) is 8.95. The molecule has 6 nitrogen and oxygen atoms in total. The largest absolute Gasteiger partial charge is 0.493 e. The van der Waals surface area contributed by atoms with E-state index in [1.807, 2.05) is 13.8 Å². The van der Waals surface area contributed by atoms with Crippen LogP contribution in [0, 0.1) is 5.92 Å². The fourth-order valence-electron chi connectivity index (χ4n) is 3.22. The van der Waals surface area contributed by atoms with Crippen LogP contribution < -0.4 is 9.47 Å². The van der Waals surface area contributed by atoms with E-state index in [9.17, 15) is 9.59 Å². The summed E-state index contributed by atoms with van der Waals surface area (Å²) in [4.78, 5) is 25.4. The maximum atomic E-state index is 12.9. The van der Waals surface area contributed by atoms with E-state index in [2.05, 4.69) is 0 Å². The highest BCUT2D eigenvalue weighted by molar-refractivity contribution is 5.95. The quantitative estimate of drug-likeness (QED) is 0.725. The van der Waals surface area contributed by atoms with Gasteiger partial charge in [-0.15, -0.1) is 0 Å². The molecule has 2 rings (SSSR count). The molecule has 26 heavy (non-hydrogen) atoms. The minimum absolute atomic E-state index is 0.0694. The Balaban J connectivity index is 2.19. The van der Waals surface area contributed by atoms with Gasteiger partial charge in [-0.3, -0.25) is 9.59 Å². The van der Waals surface area contributed by atoms with Gasteiger partial charge >= 0.3 is 5.97 Å². The zero-order valence-corrected chi connectivity index (χ0v) is 15.9. The summed E-state index contributed by atoms with van der Waals surface area (Å²) in [6.07, 6.45) is 4.43. The van der Waals surface area contributed by atoms with E-state index in [1.165, 1.54) is 0 Å². The number of methoxy groups -OCH3 is 1. The predicted octanol–water partition coefficient (Wildman–Crippen LogP) is 3.59. The van der Waals surface area contributed by atoms with Crippen molar-refractivity contribution in [3.63, 3.8) is 0 Å². The van der Waals surface area contributed by atoms with E-state index >= 15 is 0 Å². The number of nitrogens with zero attached hydrogens (tertiary/aromatic N) is 1. The number of amides is 1. The molecule has 0 bridgehead atoms. The molecule has 1 aliphatic carbocycles. The average Bonchev–Trinajstić information content (AvgIpc) is 3.10. The first-order chi connectivity index (χ1) is 12.4. The van der Waals surface area contributed by atoms with Crippen LogP contribution in [0.4, 0.5) is 0 Å². The predicted molar refractivity (Wildman–Crippen MR) is 98.9 cm³/mol. The molecule has 144 valence electrons. The van der Waals surface area contributed by atoms with Crippen molar-refractivity contribution >= 4 is 11.9 Å². The fraction of sp³-hybridized carbons (Fsp3) is 0.600. The third kappa shape index (κ3) is 5.64. The third-order valence-corrected chi connectivity index (χ3v) is 4.47. The van der Waals surface area contributed by atoms with Gasteiger partial charge in [-0.2, -0.15) is 0 Å². The number of hydrogen-bond donors (Lipinski definition) is 1. The summed E-state index contributed by atoms with van der Waals surface area (Å²) in [5.41, 5.74) is 0.491. The molecule has 0 atom stereocenters. The van der Waals surface area contributed by atoms with Crippen molar-refractivity contribution in [2.24, 2.45) is 5.92 Å². The molecule has 1 fully saturated rings. The van der Waals surface area contributed by atoms with Crippen molar-refractivity contribution in [2.75, 3.05) is 20.2 Å². The second-order valence-corrected chi connectivity index (χ2v) is 7.18. The van der Waals surface area contributed by atoms with E-state index in [0.717, 1.165) is 25.7 Å². The van der Waals surface area contributed by atoms with E-state index in [-0.39, 0.29) is 30.9 Å². The monoisotopic (exact) mass is 363 g/mol. The first-order valence-corrected chi connectivity index (χ1v) is 9.26. The first-order valence-electron chi connectivity index (χ1n) is 9.26. The van der Waals surface area contributed by atoms with Gasteiger partial charge in [0.1, 0.15) is 0 Å². The van der Waals surface area contributed by atoms with E-state index in [1.54, 1.807) is 30.2 Å². The van der Waals surface area contributed by atoms with Crippen LogP contribution in [0.5, 0.6) is 11.5 Å². The maximum absolute atomic E-state index is 12.9. The molecule has 0 unspecified atom stereocenters. The molecule has 0 saturated heterocycles. The van der Waals surface area contributed by atoms with Crippen LogP contribution in [0.1, 0.15) is 56.3 Å². The standard InChI is InChI=1S/C20H29NO5/c1-14(2)13-21(11-10-19(22)23)20(24)15-8-9-17(25-3)18(12-15)26-16-6-4-5-7-16/h8-9,12,14,16H,4-7,10-11,13H2,1-3H3,(H,22,23). The van der Waals surface area contributed by atoms with Crippen molar-refractivity contribution in [3.8, 4) is 11.5 Å². The number of carbonyl (C=O) groups excluding carboxylic acids is 1. The van der Waals surface area contributed by atoms with Crippen molar-refractivity contribution < 1.29 is 24.2 Å². The van der Waals surface area contributed by atoms with Crippen molar-refractivity contribution in [3.05, 3.63) is 23.8 Å². The van der Waals surface area contributed by atoms with E-state index in [0.29, 0.717) is 23.6 Å². The Labute approximate surface area is 155 Å². The Morgan fingerprint density at radius 3 is 2.50 bits per heavy atom. The lowest BCUT2D eigenvalue weighted by atomic mass is 10.1. The van der Waals surface area contributed by atoms with E-state index in [4.69, 9.17) is 14.6 Å². The molecular formula is C20H29NO5. The van der Waals surface area contributed by atoms with Crippen LogP contribution in [0.3, 0.4) is 0 Å². The molecule has 1 aromatic rings. The van der Waals surface area contributed by atoms with Gasteiger partial charge < -0.3 is 19.5 Å². The molecule has 0 heterocycles. The van der Waals surface area contributed by atoms with Crippen LogP contribution >= 0.6 is 0 Å². The van der Waals surface area contributed by atoms with Gasteiger partial charge in [0, 0.05) is 18.7 Å². The van der Waals surface area contributed by atoms with Crippen LogP contribution in [0.25, 0.3) is 0 Å². The Bertz CT molecular complexity index is 623. The van der Waals surface area contributed by atoms with Crippen molar-refractivity contribution in [1.29, 1.82) is 0 Å². The number of rotatable bonds is 9. The van der Waals surface area contributed by atoms with Crippen molar-refractivity contribution in [1.82, 2.24) is 4.90 Å². The lowest BCUT2D eigenvalue weighted by Gasteiger charge is -2.25. The Hall–Kier alpha value is -2.24. The number of carboxylic acid groups (broad SMARTS) is 1. The van der Waals surface area contributed by atoms with Gasteiger partial charge in [0.2, 0.25) is 0 Å². The summed E-state index contributed by atoms with van der Waals surface area (Å²) in [5.74, 6) is 0.341. The van der Waals surface area contributed by atoms with Gasteiger partial charge in [-0.1, -0.05) is 13.8 Å². The first kappa shape index (κ1) is 20.1. The highest BCUT2D eigenvalue weighted by atomic mass is 16.5. The number of benzene rings is 1. The summed E-state index contributed by atoms with van der Waals surface area (Å²) in [7, 11) is 1.58. The van der Waals surface area contributed by atoms with E-state index < -0.39 is 5.97 Å². The number of carbonyl (C=O) groups is 2. The third-order valence-electron chi connectivity index (χ3n) is 4.47. The summed E-state index contributed by atoms with van der Waals surface area (Å²) in [6, 6.07) is 5.16. The molecule has 6 heteroatoms. The molecule has 0 spiro atoms. The second kappa shape index (κ2) is 9.46. The lowest BCUT2D eigenvalue weighted by molar-refractivity contribution is -0.137. The fourth-order valence-corrected chi connectivity index (χ4v) is 3.22. The average molecular weight is 363 g/mol. The summed E-state index contributed by atoms with van der Waals surface area (Å²) < 4.78 is 11.4. The topological polar surface area (TPSA) is 76.1 Å². The number of hydrogen-bond acceptors (Lipinski definition) is 4. The van der Waals surface area contributed by atoms with Crippen molar-refractivity contribution in [2.45, 2.75) is 52.1 Å². The van der Waals surface area contributed by atoms with Gasteiger partial charge in [0.25, 0.3) is 5.91 Å². The molecule has 1 saturated carbocycles. The van der Waals surface area contributed by atoms with Gasteiger partial charge in [0.15, 0.2) is 11.5 Å². The zero-order chi connectivity index (χ0) is 19.1. The van der Waals surface area contributed by atoms with Crippen LogP contribution in [-0.4, -0.2) is 48.2 Å². The molecule has 1 aromatic carbocycles. The minimum Gasteiger partial charge on any atom is -0.493 e. The molecule has 1 amide bonds. The second-order valence-electron chi connectivity index (χ2n) is 7.18. The highest BCUT2D eigenvalue weighted by Gasteiger charge is 2.22. The summed E-state index contributed by atoms with van der Waals surface area (Å²) >= 11 is 0. The zero-order valence-electron chi connectivity index (χ0n) is 15.9. The maximum Gasteiger partial charge on any atom is 0.305 e. The molecule has 1 aliphatic rings. The molecule has 0 aliphatic heterocycles. The molecular weight excluding hydrogens is 334 g/mol. The Morgan fingerprint density at radius 1 is 1.23 bits per heavy atom.